The van der Waals surface area contributed by atoms with Crippen molar-refractivity contribution in [1.82, 2.24) is 10.2 Å². The Labute approximate surface area is 178 Å². The van der Waals surface area contributed by atoms with Gasteiger partial charge in [-0.25, -0.2) is 0 Å². The summed E-state index contributed by atoms with van der Waals surface area (Å²) in [4.78, 5) is 15.1. The summed E-state index contributed by atoms with van der Waals surface area (Å²) >= 11 is 0. The van der Waals surface area contributed by atoms with E-state index in [4.69, 9.17) is 0 Å². The van der Waals surface area contributed by atoms with Crippen molar-refractivity contribution >= 4 is 13.8 Å². The number of hydrogen-bond donors (Lipinski definition) is 1. The molecule has 4 aliphatic heterocycles. The second kappa shape index (κ2) is 9.14. The first-order valence-corrected chi connectivity index (χ1v) is 12.6. The lowest BCUT2D eigenvalue weighted by Gasteiger charge is -2.46. The van der Waals surface area contributed by atoms with Crippen LogP contribution in [-0.2, 0) is 4.79 Å². The first kappa shape index (κ1) is 22.2. The molecule has 0 radical (unpaired) electrons. The van der Waals surface area contributed by atoms with Crippen LogP contribution in [0.15, 0.2) is 61.8 Å². The quantitative estimate of drug-likeness (QED) is 0.470. The first-order valence-electron chi connectivity index (χ1n) is 10.8. The lowest BCUT2D eigenvalue weighted by Crippen LogP contribution is -2.57. The molecule has 4 atom stereocenters. The van der Waals surface area contributed by atoms with Gasteiger partial charge in [-0.1, -0.05) is 37.5 Å². The van der Waals surface area contributed by atoms with Gasteiger partial charge in [0.05, 0.1) is 6.54 Å². The van der Waals surface area contributed by atoms with Gasteiger partial charge in [-0.2, -0.15) is 0 Å². The van der Waals surface area contributed by atoms with Gasteiger partial charge in [0.25, 0.3) is 0 Å². The summed E-state index contributed by atoms with van der Waals surface area (Å²) in [6, 6.07) is 0. The van der Waals surface area contributed by atoms with Crippen molar-refractivity contribution in [3.63, 3.8) is 0 Å². The van der Waals surface area contributed by atoms with Crippen molar-refractivity contribution in [2.75, 3.05) is 32.0 Å². The van der Waals surface area contributed by atoms with Crippen molar-refractivity contribution in [3.8, 4) is 0 Å². The van der Waals surface area contributed by atoms with E-state index in [1.807, 2.05) is 19.1 Å². The highest BCUT2D eigenvalue weighted by Gasteiger charge is 2.62. The maximum absolute atomic E-state index is 12.9. The zero-order chi connectivity index (χ0) is 21.1. The summed E-state index contributed by atoms with van der Waals surface area (Å²) in [5.74, 6) is 0.211. The molecule has 4 heterocycles. The third-order valence-corrected chi connectivity index (χ3v) is 10.4. The fraction of sp³-hybridized carbons (Fsp3) is 0.560. The van der Waals surface area contributed by atoms with E-state index in [9.17, 15) is 4.79 Å². The first-order chi connectivity index (χ1) is 13.9. The number of nitrogens with zero attached hydrogens (tertiary/aromatic N) is 1. The Balaban J connectivity index is 0.000000755. The van der Waals surface area contributed by atoms with Crippen molar-refractivity contribution in [2.24, 2.45) is 5.41 Å². The summed E-state index contributed by atoms with van der Waals surface area (Å²) in [7, 11) is 0.133. The summed E-state index contributed by atoms with van der Waals surface area (Å²) in [6.45, 7) is 19.3. The molecular formula is C25H37N2OP. The van der Waals surface area contributed by atoms with Crippen LogP contribution in [0.4, 0.5) is 0 Å². The third kappa shape index (κ3) is 4.67. The molecule has 29 heavy (non-hydrogen) atoms. The molecule has 0 aromatic carbocycles. The van der Waals surface area contributed by atoms with Gasteiger partial charge < -0.3 is 5.32 Å². The molecule has 3 nitrogen and oxygen atoms in total. The average molecular weight is 413 g/mol. The summed E-state index contributed by atoms with van der Waals surface area (Å²) < 4.78 is 0. The van der Waals surface area contributed by atoms with E-state index >= 15 is 0 Å². The summed E-state index contributed by atoms with van der Waals surface area (Å²) in [6.07, 6.45) is 16.2. The van der Waals surface area contributed by atoms with Crippen LogP contribution < -0.4 is 5.32 Å². The van der Waals surface area contributed by atoms with Gasteiger partial charge in [-0.05, 0) is 73.6 Å². The lowest BCUT2D eigenvalue weighted by molar-refractivity contribution is -0.124. The molecule has 0 spiro atoms. The predicted octanol–water partition coefficient (Wildman–Crippen LogP) is 5.03. The van der Waals surface area contributed by atoms with Crippen molar-refractivity contribution < 1.29 is 4.79 Å². The number of amides is 1. The minimum Gasteiger partial charge on any atom is -0.349 e. The summed E-state index contributed by atoms with van der Waals surface area (Å²) in [5, 5.41) is 3.51. The zero-order valence-corrected chi connectivity index (χ0v) is 19.0. The zero-order valence-electron chi connectivity index (χ0n) is 18.1. The Morgan fingerprint density at radius 1 is 1.21 bits per heavy atom. The van der Waals surface area contributed by atoms with Crippen LogP contribution in [0.1, 0.15) is 39.0 Å². The highest BCUT2D eigenvalue weighted by molar-refractivity contribution is 7.59. The van der Waals surface area contributed by atoms with Gasteiger partial charge in [0.15, 0.2) is 0 Å². The smallest absolute Gasteiger partial charge is 0.234 e. The van der Waals surface area contributed by atoms with Crippen molar-refractivity contribution in [3.05, 3.63) is 61.8 Å². The Morgan fingerprint density at radius 3 is 2.55 bits per heavy atom. The largest absolute Gasteiger partial charge is 0.349 e. The maximum Gasteiger partial charge on any atom is 0.234 e. The molecule has 1 amide bonds. The predicted molar refractivity (Wildman–Crippen MR) is 127 cm³/mol. The van der Waals surface area contributed by atoms with Crippen LogP contribution in [-0.4, -0.2) is 54.0 Å². The van der Waals surface area contributed by atoms with Crippen LogP contribution >= 0.6 is 7.92 Å². The van der Waals surface area contributed by atoms with E-state index in [1.54, 1.807) is 6.08 Å². The number of nitrogens with one attached hydrogen (secondary N) is 1. The van der Waals surface area contributed by atoms with Crippen LogP contribution in [0.5, 0.6) is 0 Å². The number of allylic oxidation sites excluding steroid dienone is 3. The molecule has 3 saturated heterocycles. The van der Waals surface area contributed by atoms with Crippen LogP contribution in [0.3, 0.4) is 0 Å². The summed E-state index contributed by atoms with van der Waals surface area (Å²) in [5.41, 5.74) is 3.91. The lowest BCUT2D eigenvalue weighted by atomic mass is 9.66. The van der Waals surface area contributed by atoms with Crippen molar-refractivity contribution in [2.45, 2.75) is 50.2 Å². The molecule has 158 valence electrons. The Morgan fingerprint density at radius 2 is 1.93 bits per heavy atom. The minimum atomic E-state index is 0.0894. The third-order valence-electron chi connectivity index (χ3n) is 6.91. The number of carbonyl (C=O) groups excluding carboxylic acids is 1. The molecule has 5 rings (SSSR count). The molecule has 0 aromatic heterocycles. The van der Waals surface area contributed by atoms with Crippen LogP contribution in [0, 0.1) is 5.41 Å². The van der Waals surface area contributed by atoms with Crippen LogP contribution in [0.2, 0.25) is 0 Å². The fourth-order valence-electron chi connectivity index (χ4n) is 6.14. The molecule has 1 saturated carbocycles. The SMILES string of the molecule is C=CC.C=CCC12CC3C[C@](NC(=O)CN4CCC(C=C)=C(C=C)C4)(CP3C1)C2. The van der Waals surface area contributed by atoms with Gasteiger partial charge in [-0.15, -0.1) is 21.1 Å². The van der Waals surface area contributed by atoms with Gasteiger partial charge in [0.1, 0.15) is 0 Å². The molecule has 4 heteroatoms. The minimum absolute atomic E-state index is 0.0894. The van der Waals surface area contributed by atoms with Gasteiger partial charge in [0, 0.05) is 18.6 Å². The van der Waals surface area contributed by atoms with Gasteiger partial charge in [-0.3, -0.25) is 9.69 Å². The standard InChI is InChI=1S/C22H31N2OP.C3H6/c1-4-8-21-10-19-11-22(14-21,16-26(19)15-21)23-20(25)13-24-9-7-17(5-2)18(6-3)12-24;1-3-2/h4-6,19H,1-3,7-16H2,(H,23,25);3H,1H2,2H3/t19?,21?,22-,26?;/m1./s1. The van der Waals surface area contributed by atoms with Gasteiger partial charge >= 0.3 is 0 Å². The number of rotatable bonds is 7. The van der Waals surface area contributed by atoms with E-state index in [0.717, 1.165) is 31.6 Å². The fourth-order valence-corrected chi connectivity index (χ4v) is 10.4. The maximum atomic E-state index is 12.9. The highest BCUT2D eigenvalue weighted by Crippen LogP contribution is 2.73. The molecule has 0 aromatic rings. The second-order valence-corrected chi connectivity index (χ2v) is 11.8. The van der Waals surface area contributed by atoms with E-state index < -0.39 is 0 Å². The molecule has 5 aliphatic rings. The normalized spacial score (nSPS) is 34.9. The molecular weight excluding hydrogens is 375 g/mol. The van der Waals surface area contributed by atoms with Gasteiger partial charge in [0.2, 0.25) is 5.91 Å². The molecule has 1 N–H and O–H groups in total. The van der Waals surface area contributed by atoms with E-state index in [1.165, 1.54) is 42.7 Å². The number of carbonyl (C=O) groups is 1. The Bertz CT molecular complexity index is 708. The van der Waals surface area contributed by atoms with E-state index in [-0.39, 0.29) is 19.4 Å². The van der Waals surface area contributed by atoms with Crippen molar-refractivity contribution in [1.29, 1.82) is 0 Å². The van der Waals surface area contributed by atoms with E-state index in [2.05, 4.69) is 42.6 Å². The average Bonchev–Trinajstić information content (AvgIpc) is 3.06. The Hall–Kier alpha value is -1.44. The van der Waals surface area contributed by atoms with E-state index in [0.29, 0.717) is 12.0 Å². The highest BCUT2D eigenvalue weighted by atomic mass is 31.1. The Kier molecular flexibility index (Phi) is 7.02. The van der Waals surface area contributed by atoms with Crippen LogP contribution in [0.25, 0.3) is 0 Å². The molecule has 3 unspecified atom stereocenters. The molecule has 4 bridgehead atoms. The molecule has 4 fully saturated rings. The number of hydrogen-bond acceptors (Lipinski definition) is 2. The topological polar surface area (TPSA) is 32.3 Å². The molecule has 1 aliphatic carbocycles. The monoisotopic (exact) mass is 412 g/mol. The second-order valence-electron chi connectivity index (χ2n) is 9.29.